The fraction of sp³-hybridized carbons (Fsp3) is 0.267. The van der Waals surface area contributed by atoms with Crippen molar-refractivity contribution in [3.8, 4) is 11.5 Å². The first-order chi connectivity index (χ1) is 10.0. The Morgan fingerprint density at radius 3 is 2.57 bits per heavy atom. The number of carbonyl (C=O) groups is 1. The molecule has 21 heavy (non-hydrogen) atoms. The van der Waals surface area contributed by atoms with Crippen molar-refractivity contribution in [1.82, 2.24) is 9.97 Å². The van der Waals surface area contributed by atoms with Gasteiger partial charge in [-0.1, -0.05) is 0 Å². The zero-order valence-corrected chi connectivity index (χ0v) is 12.4. The Morgan fingerprint density at radius 2 is 1.95 bits per heavy atom. The summed E-state index contributed by atoms with van der Waals surface area (Å²) in [5, 5.41) is 2.79. The van der Waals surface area contributed by atoms with Gasteiger partial charge in [-0.3, -0.25) is 4.79 Å². The van der Waals surface area contributed by atoms with E-state index in [-0.39, 0.29) is 5.91 Å². The van der Waals surface area contributed by atoms with Crippen LogP contribution >= 0.6 is 0 Å². The second-order valence-corrected chi connectivity index (χ2v) is 4.44. The largest absolute Gasteiger partial charge is 0.497 e. The molecule has 1 N–H and O–H groups in total. The van der Waals surface area contributed by atoms with Crippen LogP contribution in [0.25, 0.3) is 0 Å². The summed E-state index contributed by atoms with van der Waals surface area (Å²) in [5.74, 6) is 1.51. The molecule has 6 heteroatoms. The molecule has 110 valence electrons. The minimum absolute atomic E-state index is 0.293. The second-order valence-electron chi connectivity index (χ2n) is 4.44. The second kappa shape index (κ2) is 6.21. The number of rotatable bonds is 4. The first-order valence-corrected chi connectivity index (χ1v) is 6.38. The topological polar surface area (TPSA) is 73.3 Å². The zero-order chi connectivity index (χ0) is 15.4. The Balaban J connectivity index is 2.30. The van der Waals surface area contributed by atoms with Gasteiger partial charge in [0.1, 0.15) is 17.3 Å². The van der Waals surface area contributed by atoms with Crippen LogP contribution in [-0.2, 0) is 0 Å². The van der Waals surface area contributed by atoms with Crippen LogP contribution < -0.4 is 14.8 Å². The lowest BCUT2D eigenvalue weighted by Crippen LogP contribution is -2.15. The number of benzene rings is 1. The van der Waals surface area contributed by atoms with Gasteiger partial charge < -0.3 is 14.8 Å². The number of carbonyl (C=O) groups excluding carboxylic acids is 1. The van der Waals surface area contributed by atoms with Crippen LogP contribution in [-0.4, -0.2) is 30.1 Å². The predicted molar refractivity (Wildman–Crippen MR) is 79.0 cm³/mol. The number of amides is 1. The SMILES string of the molecule is COc1ccc(OC)c(NC(=O)c2cnc(C)nc2C)c1. The van der Waals surface area contributed by atoms with E-state index in [2.05, 4.69) is 15.3 Å². The number of nitrogens with one attached hydrogen (secondary N) is 1. The first-order valence-electron chi connectivity index (χ1n) is 6.38. The van der Waals surface area contributed by atoms with Crippen LogP contribution in [0.5, 0.6) is 11.5 Å². The lowest BCUT2D eigenvalue weighted by Gasteiger charge is -2.12. The summed E-state index contributed by atoms with van der Waals surface area (Å²) >= 11 is 0. The van der Waals surface area contributed by atoms with E-state index in [0.717, 1.165) is 0 Å². The molecule has 0 radical (unpaired) electrons. The highest BCUT2D eigenvalue weighted by Crippen LogP contribution is 2.29. The van der Waals surface area contributed by atoms with E-state index in [1.54, 1.807) is 39.2 Å². The minimum atomic E-state index is -0.293. The summed E-state index contributed by atoms with van der Waals surface area (Å²) < 4.78 is 10.4. The van der Waals surface area contributed by atoms with Crippen LogP contribution in [0.2, 0.25) is 0 Å². The number of ether oxygens (including phenoxy) is 2. The van der Waals surface area contributed by atoms with Crippen molar-refractivity contribution in [3.05, 3.63) is 41.5 Å². The number of hydrogen-bond acceptors (Lipinski definition) is 5. The molecule has 1 aromatic heterocycles. The molecule has 0 saturated heterocycles. The van der Waals surface area contributed by atoms with Crippen molar-refractivity contribution in [1.29, 1.82) is 0 Å². The molecule has 2 aromatic rings. The normalized spacial score (nSPS) is 10.1. The molecule has 0 aliphatic heterocycles. The molecule has 0 unspecified atom stereocenters. The molecule has 0 fully saturated rings. The number of methoxy groups -OCH3 is 2. The van der Waals surface area contributed by atoms with Crippen molar-refractivity contribution in [2.75, 3.05) is 19.5 Å². The number of hydrogen-bond donors (Lipinski definition) is 1. The Bertz CT molecular complexity index is 671. The smallest absolute Gasteiger partial charge is 0.259 e. The summed E-state index contributed by atoms with van der Waals surface area (Å²) in [6.07, 6.45) is 1.51. The molecule has 1 aromatic carbocycles. The molecule has 0 aliphatic carbocycles. The molecule has 0 aliphatic rings. The molecule has 0 spiro atoms. The Morgan fingerprint density at radius 1 is 1.19 bits per heavy atom. The van der Waals surface area contributed by atoms with Gasteiger partial charge in [0, 0.05) is 12.3 Å². The van der Waals surface area contributed by atoms with E-state index in [4.69, 9.17) is 9.47 Å². The van der Waals surface area contributed by atoms with Gasteiger partial charge in [-0.25, -0.2) is 9.97 Å². The average molecular weight is 287 g/mol. The summed E-state index contributed by atoms with van der Waals surface area (Å²) in [7, 11) is 3.10. The maximum atomic E-state index is 12.3. The zero-order valence-electron chi connectivity index (χ0n) is 12.4. The first kappa shape index (κ1) is 14.8. The predicted octanol–water partition coefficient (Wildman–Crippen LogP) is 2.36. The summed E-state index contributed by atoms with van der Waals surface area (Å²) in [6.45, 7) is 3.55. The Kier molecular flexibility index (Phi) is 4.37. The van der Waals surface area contributed by atoms with Crippen molar-refractivity contribution >= 4 is 11.6 Å². The van der Waals surface area contributed by atoms with Crippen molar-refractivity contribution in [2.24, 2.45) is 0 Å². The maximum absolute atomic E-state index is 12.3. The van der Waals surface area contributed by atoms with Crippen LogP contribution in [0, 0.1) is 13.8 Å². The third-order valence-corrected chi connectivity index (χ3v) is 3.00. The van der Waals surface area contributed by atoms with Gasteiger partial charge in [-0.05, 0) is 26.0 Å². The molecule has 0 bridgehead atoms. The van der Waals surface area contributed by atoms with E-state index in [0.29, 0.717) is 34.3 Å². The number of nitrogens with zero attached hydrogens (tertiary/aromatic N) is 2. The fourth-order valence-corrected chi connectivity index (χ4v) is 1.91. The molecule has 1 amide bonds. The molecule has 6 nitrogen and oxygen atoms in total. The van der Waals surface area contributed by atoms with Crippen molar-refractivity contribution in [3.63, 3.8) is 0 Å². The van der Waals surface area contributed by atoms with Gasteiger partial charge in [-0.2, -0.15) is 0 Å². The maximum Gasteiger partial charge on any atom is 0.259 e. The third kappa shape index (κ3) is 3.28. The highest BCUT2D eigenvalue weighted by atomic mass is 16.5. The molecule has 0 saturated carbocycles. The molecular weight excluding hydrogens is 270 g/mol. The van der Waals surface area contributed by atoms with Crippen LogP contribution in [0.4, 0.5) is 5.69 Å². The minimum Gasteiger partial charge on any atom is -0.497 e. The average Bonchev–Trinajstić information content (AvgIpc) is 2.46. The lowest BCUT2D eigenvalue weighted by atomic mass is 10.2. The van der Waals surface area contributed by atoms with Gasteiger partial charge in [0.05, 0.1) is 31.2 Å². The lowest BCUT2D eigenvalue weighted by molar-refractivity contribution is 0.102. The monoisotopic (exact) mass is 287 g/mol. The molecule has 0 atom stereocenters. The summed E-state index contributed by atoms with van der Waals surface area (Å²) in [5.41, 5.74) is 1.58. The standard InChI is InChI=1S/C15H17N3O3/c1-9-12(8-16-10(2)17-9)15(19)18-13-7-11(20-3)5-6-14(13)21-4/h5-8H,1-4H3,(H,18,19). The van der Waals surface area contributed by atoms with Gasteiger partial charge in [0.2, 0.25) is 0 Å². The van der Waals surface area contributed by atoms with Gasteiger partial charge >= 0.3 is 0 Å². The van der Waals surface area contributed by atoms with Crippen LogP contribution in [0.1, 0.15) is 21.9 Å². The van der Waals surface area contributed by atoms with E-state index in [1.807, 2.05) is 0 Å². The number of anilines is 1. The molecule has 2 rings (SSSR count). The van der Waals surface area contributed by atoms with Crippen molar-refractivity contribution in [2.45, 2.75) is 13.8 Å². The summed E-state index contributed by atoms with van der Waals surface area (Å²) in [6, 6.07) is 5.18. The third-order valence-electron chi connectivity index (χ3n) is 3.00. The molecular formula is C15H17N3O3. The Labute approximate surface area is 123 Å². The van der Waals surface area contributed by atoms with Gasteiger partial charge in [0.15, 0.2) is 0 Å². The fourth-order valence-electron chi connectivity index (χ4n) is 1.91. The van der Waals surface area contributed by atoms with E-state index < -0.39 is 0 Å². The molecule has 1 heterocycles. The highest BCUT2D eigenvalue weighted by molar-refractivity contribution is 6.05. The van der Waals surface area contributed by atoms with Crippen LogP contribution in [0.15, 0.2) is 24.4 Å². The highest BCUT2D eigenvalue weighted by Gasteiger charge is 2.14. The number of aryl methyl sites for hydroxylation is 2. The Hall–Kier alpha value is -2.63. The van der Waals surface area contributed by atoms with Crippen LogP contribution in [0.3, 0.4) is 0 Å². The van der Waals surface area contributed by atoms with E-state index in [1.165, 1.54) is 13.3 Å². The van der Waals surface area contributed by atoms with E-state index >= 15 is 0 Å². The van der Waals surface area contributed by atoms with Gasteiger partial charge in [0.25, 0.3) is 5.91 Å². The van der Waals surface area contributed by atoms with Gasteiger partial charge in [-0.15, -0.1) is 0 Å². The van der Waals surface area contributed by atoms with Crippen molar-refractivity contribution < 1.29 is 14.3 Å². The quantitative estimate of drug-likeness (QED) is 0.934. The number of aromatic nitrogens is 2. The summed E-state index contributed by atoms with van der Waals surface area (Å²) in [4.78, 5) is 20.6. The van der Waals surface area contributed by atoms with E-state index in [9.17, 15) is 4.79 Å².